The number of carbonyl (C=O) groups excluding carboxylic acids is 3. The Labute approximate surface area is 573 Å². The van der Waals surface area contributed by atoms with Crippen LogP contribution in [0.1, 0.15) is 322 Å². The van der Waals surface area contributed by atoms with E-state index in [9.17, 15) is 19.5 Å². The molecule has 9 heteroatoms. The topological polar surface area (TPSA) is 111 Å². The molecule has 0 aromatic rings. The largest absolute Gasteiger partial charge is 0.545 e. The summed E-state index contributed by atoms with van der Waals surface area (Å²) in [4.78, 5) is 37.6. The average molecular weight is 1300 g/mol. The quantitative estimate of drug-likeness (QED) is 0.0195. The Kier molecular flexibility index (Phi) is 69.6. The van der Waals surface area contributed by atoms with Crippen LogP contribution in [0.25, 0.3) is 0 Å². The van der Waals surface area contributed by atoms with Crippen molar-refractivity contribution in [2.45, 2.75) is 334 Å². The number of ether oxygens (including phenoxy) is 4. The van der Waals surface area contributed by atoms with E-state index < -0.39 is 24.3 Å². The van der Waals surface area contributed by atoms with Crippen LogP contribution >= 0.6 is 0 Å². The van der Waals surface area contributed by atoms with Crippen LogP contribution in [-0.2, 0) is 33.3 Å². The first-order valence-corrected chi connectivity index (χ1v) is 38.3. The molecule has 0 aliphatic heterocycles. The minimum absolute atomic E-state index is 0.143. The molecule has 0 aromatic carbocycles. The molecule has 0 rings (SSSR count). The Bertz CT molecular complexity index is 2000. The molecule has 0 heterocycles. The van der Waals surface area contributed by atoms with Gasteiger partial charge in [-0.25, -0.2) is 0 Å². The maximum absolute atomic E-state index is 13.0. The number of hydrogen-bond acceptors (Lipinski definition) is 8. The monoisotopic (exact) mass is 1290 g/mol. The molecule has 532 valence electrons. The molecule has 0 aliphatic carbocycles. The van der Waals surface area contributed by atoms with Gasteiger partial charge in [-0.1, -0.05) is 327 Å². The number of rotatable bonds is 70. The second kappa shape index (κ2) is 73.2. The predicted octanol–water partition coefficient (Wildman–Crippen LogP) is 23.1. The third-order valence-electron chi connectivity index (χ3n) is 16.4. The summed E-state index contributed by atoms with van der Waals surface area (Å²) in [5.41, 5.74) is 0. The van der Waals surface area contributed by atoms with E-state index in [1.807, 2.05) is 21.1 Å². The van der Waals surface area contributed by atoms with Gasteiger partial charge in [-0.15, -0.1) is 0 Å². The summed E-state index contributed by atoms with van der Waals surface area (Å²) < 4.78 is 22.8. The number of carbonyl (C=O) groups is 3. The van der Waals surface area contributed by atoms with Gasteiger partial charge in [-0.2, -0.15) is 0 Å². The van der Waals surface area contributed by atoms with Crippen LogP contribution in [0, 0.1) is 0 Å². The van der Waals surface area contributed by atoms with Gasteiger partial charge >= 0.3 is 11.9 Å². The minimum atomic E-state index is -1.63. The van der Waals surface area contributed by atoms with E-state index in [4.69, 9.17) is 18.9 Å². The summed E-state index contributed by atoms with van der Waals surface area (Å²) in [6.07, 6.45) is 103. The zero-order valence-corrected chi connectivity index (χ0v) is 60.8. The Balaban J connectivity index is 4.10. The molecule has 0 fully saturated rings. The lowest BCUT2D eigenvalue weighted by Gasteiger charge is -2.26. The van der Waals surface area contributed by atoms with Gasteiger partial charge in [0.2, 0.25) is 0 Å². The van der Waals surface area contributed by atoms with Crippen molar-refractivity contribution in [3.8, 4) is 0 Å². The Hall–Kier alpha value is -4.57. The molecule has 0 aromatic heterocycles. The molecule has 0 saturated heterocycles. The van der Waals surface area contributed by atoms with E-state index in [2.05, 4.69) is 148 Å². The molecule has 0 radical (unpaired) electrons. The van der Waals surface area contributed by atoms with Crippen LogP contribution in [0.4, 0.5) is 0 Å². The molecule has 2 atom stereocenters. The Morgan fingerprint density at radius 2 is 0.613 bits per heavy atom. The van der Waals surface area contributed by atoms with E-state index in [1.165, 1.54) is 180 Å². The van der Waals surface area contributed by atoms with Gasteiger partial charge in [-0.3, -0.25) is 9.59 Å². The Morgan fingerprint density at radius 1 is 0.333 bits per heavy atom. The van der Waals surface area contributed by atoms with E-state index >= 15 is 0 Å². The number of likely N-dealkylation sites (N-methyl/N-ethyl adjacent to an activating group) is 1. The normalized spacial score (nSPS) is 13.4. The first-order chi connectivity index (χ1) is 45.6. The fourth-order valence-corrected chi connectivity index (χ4v) is 10.6. The SMILES string of the molecule is CC/C=C\C/C=C\C/C=C\C/C=C\C/C=C\C/C=C\C/C=C\C/C=C\C/C=C\CCCCCCCCCCCCCC(=O)OC(COC(=O)CCCCCCCCCCCCCCCCCCC/C=C\C/C=C\CCCCCCC)COC(OCC[N+](C)(C)C)C(=O)[O-]. The van der Waals surface area contributed by atoms with Gasteiger partial charge in [0.25, 0.3) is 0 Å². The van der Waals surface area contributed by atoms with Crippen molar-refractivity contribution < 1.29 is 42.9 Å². The fourth-order valence-electron chi connectivity index (χ4n) is 10.6. The number of allylic oxidation sites excluding steroid dienone is 22. The van der Waals surface area contributed by atoms with Crippen LogP contribution in [-0.4, -0.2) is 82.3 Å². The first kappa shape index (κ1) is 88.4. The fraction of sp³-hybridized carbons (Fsp3) is 0.702. The van der Waals surface area contributed by atoms with Crippen molar-refractivity contribution in [3.63, 3.8) is 0 Å². The van der Waals surface area contributed by atoms with Crippen molar-refractivity contribution in [1.29, 1.82) is 0 Å². The summed E-state index contributed by atoms with van der Waals surface area (Å²) in [7, 11) is 5.93. The maximum Gasteiger partial charge on any atom is 0.306 e. The molecule has 0 bridgehead atoms. The highest BCUT2D eigenvalue weighted by molar-refractivity contribution is 5.70. The zero-order chi connectivity index (χ0) is 67.5. The number of quaternary nitrogens is 1. The van der Waals surface area contributed by atoms with E-state index in [0.29, 0.717) is 17.4 Å². The van der Waals surface area contributed by atoms with E-state index in [0.717, 1.165) is 109 Å². The molecule has 0 spiro atoms. The second-order valence-electron chi connectivity index (χ2n) is 26.6. The van der Waals surface area contributed by atoms with Gasteiger partial charge in [0.1, 0.15) is 13.2 Å². The molecule has 93 heavy (non-hydrogen) atoms. The highest BCUT2D eigenvalue weighted by Crippen LogP contribution is 2.18. The molecule has 0 aliphatic rings. The number of hydrogen-bond donors (Lipinski definition) is 0. The Morgan fingerprint density at radius 3 is 0.914 bits per heavy atom. The molecule has 9 nitrogen and oxygen atoms in total. The number of unbranched alkanes of at least 4 members (excludes halogenated alkanes) is 33. The summed E-state index contributed by atoms with van der Waals surface area (Å²) in [6, 6.07) is 0. The number of carboxylic acids is 1. The summed E-state index contributed by atoms with van der Waals surface area (Å²) in [5.74, 6) is -2.28. The van der Waals surface area contributed by atoms with Crippen LogP contribution in [0.2, 0.25) is 0 Å². The maximum atomic E-state index is 13.0. The lowest BCUT2D eigenvalue weighted by Crippen LogP contribution is -2.44. The van der Waals surface area contributed by atoms with E-state index in [-0.39, 0.29) is 38.6 Å². The van der Waals surface area contributed by atoms with Crippen molar-refractivity contribution in [2.75, 3.05) is 47.5 Å². The zero-order valence-electron chi connectivity index (χ0n) is 60.8. The number of nitrogens with zero attached hydrogens (tertiary/aromatic N) is 1. The van der Waals surface area contributed by atoms with Crippen molar-refractivity contribution in [1.82, 2.24) is 0 Å². The van der Waals surface area contributed by atoms with Crippen LogP contribution < -0.4 is 5.11 Å². The first-order valence-electron chi connectivity index (χ1n) is 38.3. The van der Waals surface area contributed by atoms with Gasteiger partial charge < -0.3 is 33.3 Å². The van der Waals surface area contributed by atoms with Gasteiger partial charge in [-0.05, 0) is 116 Å². The lowest BCUT2D eigenvalue weighted by atomic mass is 10.0. The molecule has 0 amide bonds. The predicted molar refractivity (Wildman–Crippen MR) is 398 cm³/mol. The highest BCUT2D eigenvalue weighted by atomic mass is 16.7. The van der Waals surface area contributed by atoms with Gasteiger partial charge in [0, 0.05) is 12.8 Å². The standard InChI is InChI=1S/C84H143NO8/c1-6-8-10-12-14-16-18-20-22-24-26-28-30-32-34-36-37-38-39-40-41-42-43-44-45-47-49-51-53-55-57-59-61-63-65-67-69-71-73-75-82(87)93-80(79-92-84(83(88)89)90-77-76-85(3,4)5)78-91-81(86)74-72-70-68-66-64-62-60-58-56-54-52-50-48-46-35-33-31-29-27-25-23-21-19-17-15-13-11-9-7-2/h8,10,14,16,19-22,25-28,32,34,37-38,40-41,43-44,47,49,80,84H,6-7,9,11-13,15,17-18,23-24,29-31,33,35-36,39,42,45-46,48,50-79H2,1-5H3/b10-8-,16-14-,21-19-,22-20-,27-25-,28-26-,34-32-,38-37-,41-40-,44-43-,49-47-. The summed E-state index contributed by atoms with van der Waals surface area (Å²) in [6.45, 7) is 4.64. The molecule has 0 N–H and O–H groups in total. The summed E-state index contributed by atoms with van der Waals surface area (Å²) in [5, 5.41) is 11.9. The van der Waals surface area contributed by atoms with Crippen molar-refractivity contribution in [3.05, 3.63) is 134 Å². The van der Waals surface area contributed by atoms with Crippen LogP contribution in [0.5, 0.6) is 0 Å². The van der Waals surface area contributed by atoms with Crippen molar-refractivity contribution in [2.24, 2.45) is 0 Å². The summed E-state index contributed by atoms with van der Waals surface area (Å²) >= 11 is 0. The molecule has 2 unspecified atom stereocenters. The minimum Gasteiger partial charge on any atom is -0.545 e. The number of carboxylic acid groups (broad SMARTS) is 1. The average Bonchev–Trinajstić information content (AvgIpc) is 3.38. The smallest absolute Gasteiger partial charge is 0.306 e. The molecular weight excluding hydrogens is 1150 g/mol. The lowest BCUT2D eigenvalue weighted by molar-refractivity contribution is -0.870. The number of aliphatic carboxylic acids is 1. The van der Waals surface area contributed by atoms with Crippen molar-refractivity contribution >= 4 is 17.9 Å². The third kappa shape index (κ3) is 74.7. The number of esters is 2. The molecule has 0 saturated carbocycles. The highest BCUT2D eigenvalue weighted by Gasteiger charge is 2.22. The van der Waals surface area contributed by atoms with Gasteiger partial charge in [0.15, 0.2) is 12.4 Å². The van der Waals surface area contributed by atoms with Gasteiger partial charge in [0.05, 0.1) is 40.3 Å². The third-order valence-corrected chi connectivity index (χ3v) is 16.4. The van der Waals surface area contributed by atoms with E-state index in [1.54, 1.807) is 0 Å². The van der Waals surface area contributed by atoms with Crippen LogP contribution in [0.15, 0.2) is 134 Å². The second-order valence-corrected chi connectivity index (χ2v) is 26.6. The van der Waals surface area contributed by atoms with Crippen LogP contribution in [0.3, 0.4) is 0 Å². The molecular formula is C84H143NO8.